The molecule has 5 heteroatoms. The Morgan fingerprint density at radius 2 is 2.10 bits per heavy atom. The Kier molecular flexibility index (Phi) is 5.26. The van der Waals surface area contributed by atoms with Crippen molar-refractivity contribution in [1.82, 2.24) is 10.2 Å². The lowest BCUT2D eigenvalue weighted by atomic mass is 9.98. The Morgan fingerprint density at radius 1 is 1.45 bits per heavy atom. The Hall–Kier alpha value is -1.26. The summed E-state index contributed by atoms with van der Waals surface area (Å²) in [6.07, 6.45) is 1.73. The average molecular weight is 297 g/mol. The zero-order valence-electron chi connectivity index (χ0n) is 11.7. The third-order valence-corrected chi connectivity index (χ3v) is 4.22. The van der Waals surface area contributed by atoms with Crippen LogP contribution in [0, 0.1) is 5.92 Å². The van der Waals surface area contributed by atoms with Crippen molar-refractivity contribution < 1.29 is 9.90 Å². The van der Waals surface area contributed by atoms with E-state index in [9.17, 15) is 4.79 Å². The van der Waals surface area contributed by atoms with Crippen molar-refractivity contribution in [2.75, 3.05) is 19.7 Å². The predicted octanol–water partition coefficient (Wildman–Crippen LogP) is 2.81. The van der Waals surface area contributed by atoms with Crippen LogP contribution in [0.1, 0.15) is 31.4 Å². The molecule has 0 saturated carbocycles. The van der Waals surface area contributed by atoms with Gasteiger partial charge in [0, 0.05) is 24.7 Å². The average Bonchev–Trinajstić information content (AvgIpc) is 2.47. The van der Waals surface area contributed by atoms with E-state index in [2.05, 4.69) is 5.32 Å². The Balaban J connectivity index is 1.90. The number of nitrogens with one attached hydrogen (secondary N) is 1. The summed E-state index contributed by atoms with van der Waals surface area (Å²) < 4.78 is 0. The molecule has 1 heterocycles. The van der Waals surface area contributed by atoms with Gasteiger partial charge in [-0.1, -0.05) is 29.8 Å². The number of benzene rings is 1. The Labute approximate surface area is 124 Å². The van der Waals surface area contributed by atoms with Crippen LogP contribution >= 0.6 is 11.6 Å². The van der Waals surface area contributed by atoms with Crippen LogP contribution in [0.2, 0.25) is 5.02 Å². The summed E-state index contributed by atoms with van der Waals surface area (Å²) >= 11 is 6.13. The minimum atomic E-state index is -0.119. The molecule has 1 saturated heterocycles. The van der Waals surface area contributed by atoms with E-state index in [0.717, 1.165) is 18.4 Å². The van der Waals surface area contributed by atoms with E-state index in [-0.39, 0.29) is 18.7 Å². The van der Waals surface area contributed by atoms with Crippen LogP contribution in [-0.4, -0.2) is 35.7 Å². The summed E-state index contributed by atoms with van der Waals surface area (Å²) in [6.45, 7) is 3.55. The molecule has 1 aliphatic rings. The van der Waals surface area contributed by atoms with Crippen LogP contribution in [0.25, 0.3) is 0 Å². The number of likely N-dealkylation sites (tertiary alicyclic amines) is 1. The monoisotopic (exact) mass is 296 g/mol. The first-order valence-corrected chi connectivity index (χ1v) is 7.40. The summed E-state index contributed by atoms with van der Waals surface area (Å²) in [6, 6.07) is 7.36. The van der Waals surface area contributed by atoms with Gasteiger partial charge in [0.15, 0.2) is 0 Å². The van der Waals surface area contributed by atoms with Gasteiger partial charge in [-0.15, -0.1) is 0 Å². The lowest BCUT2D eigenvalue weighted by molar-refractivity contribution is 0.136. The van der Waals surface area contributed by atoms with Crippen LogP contribution in [0.4, 0.5) is 4.79 Å². The number of hydrogen-bond donors (Lipinski definition) is 2. The molecule has 1 aromatic rings. The van der Waals surface area contributed by atoms with Gasteiger partial charge < -0.3 is 15.3 Å². The van der Waals surface area contributed by atoms with Gasteiger partial charge in [-0.05, 0) is 37.3 Å². The number of nitrogens with zero attached hydrogens (tertiary/aromatic N) is 1. The van der Waals surface area contributed by atoms with Gasteiger partial charge in [-0.3, -0.25) is 0 Å². The largest absolute Gasteiger partial charge is 0.396 e. The normalized spacial score (nSPS) is 17.9. The van der Waals surface area contributed by atoms with Gasteiger partial charge in [0.1, 0.15) is 0 Å². The summed E-state index contributed by atoms with van der Waals surface area (Å²) in [4.78, 5) is 14.0. The van der Waals surface area contributed by atoms with Gasteiger partial charge in [-0.25, -0.2) is 4.79 Å². The molecule has 4 nitrogen and oxygen atoms in total. The van der Waals surface area contributed by atoms with Crippen LogP contribution in [0.15, 0.2) is 24.3 Å². The number of halogens is 1. The molecule has 1 atom stereocenters. The van der Waals surface area contributed by atoms with Crippen molar-refractivity contribution in [2.45, 2.75) is 25.8 Å². The highest BCUT2D eigenvalue weighted by Gasteiger charge is 2.23. The maximum absolute atomic E-state index is 12.2. The van der Waals surface area contributed by atoms with Crippen molar-refractivity contribution in [1.29, 1.82) is 0 Å². The lowest BCUT2D eigenvalue weighted by Gasteiger charge is -2.32. The maximum Gasteiger partial charge on any atom is 0.317 e. The number of carbonyl (C=O) groups excluding carboxylic acids is 1. The highest BCUT2D eigenvalue weighted by molar-refractivity contribution is 6.31. The number of rotatable bonds is 3. The van der Waals surface area contributed by atoms with Crippen LogP contribution in [0.5, 0.6) is 0 Å². The highest BCUT2D eigenvalue weighted by Crippen LogP contribution is 2.23. The fraction of sp³-hybridized carbons (Fsp3) is 0.533. The van der Waals surface area contributed by atoms with Gasteiger partial charge in [0.05, 0.1) is 6.04 Å². The molecule has 1 aromatic carbocycles. The quantitative estimate of drug-likeness (QED) is 0.901. The fourth-order valence-corrected chi connectivity index (χ4v) is 2.80. The van der Waals surface area contributed by atoms with Crippen LogP contribution < -0.4 is 5.32 Å². The van der Waals surface area contributed by atoms with Crippen molar-refractivity contribution in [3.63, 3.8) is 0 Å². The predicted molar refractivity (Wildman–Crippen MR) is 79.8 cm³/mol. The molecule has 2 N–H and O–H groups in total. The summed E-state index contributed by atoms with van der Waals surface area (Å²) in [7, 11) is 0. The van der Waals surface area contributed by atoms with E-state index in [1.54, 1.807) is 4.90 Å². The molecule has 0 aromatic heterocycles. The minimum Gasteiger partial charge on any atom is -0.396 e. The number of carbonyl (C=O) groups is 1. The molecule has 1 fully saturated rings. The Morgan fingerprint density at radius 3 is 2.70 bits per heavy atom. The summed E-state index contributed by atoms with van der Waals surface area (Å²) in [5.41, 5.74) is 0.924. The number of urea groups is 1. The number of hydrogen-bond acceptors (Lipinski definition) is 2. The molecule has 0 aliphatic carbocycles. The molecule has 1 unspecified atom stereocenters. The number of aliphatic hydroxyl groups excluding tert-OH is 1. The van der Waals surface area contributed by atoms with E-state index in [1.165, 1.54) is 0 Å². The first-order valence-electron chi connectivity index (χ1n) is 7.02. The third kappa shape index (κ3) is 3.64. The van der Waals surface area contributed by atoms with Gasteiger partial charge >= 0.3 is 6.03 Å². The van der Waals surface area contributed by atoms with E-state index >= 15 is 0 Å². The van der Waals surface area contributed by atoms with Crippen LogP contribution in [-0.2, 0) is 0 Å². The minimum absolute atomic E-state index is 0.0613. The summed E-state index contributed by atoms with van der Waals surface area (Å²) in [5, 5.41) is 12.8. The fourth-order valence-electron chi connectivity index (χ4n) is 2.50. The molecular weight excluding hydrogens is 276 g/mol. The second-order valence-corrected chi connectivity index (χ2v) is 5.71. The first-order chi connectivity index (χ1) is 9.61. The van der Waals surface area contributed by atoms with Crippen molar-refractivity contribution >= 4 is 17.6 Å². The van der Waals surface area contributed by atoms with Crippen LogP contribution in [0.3, 0.4) is 0 Å². The van der Waals surface area contributed by atoms with Gasteiger partial charge in [-0.2, -0.15) is 0 Å². The van der Waals surface area contributed by atoms with Crippen molar-refractivity contribution in [2.24, 2.45) is 5.92 Å². The topological polar surface area (TPSA) is 52.6 Å². The van der Waals surface area contributed by atoms with E-state index in [1.807, 2.05) is 31.2 Å². The molecule has 1 aliphatic heterocycles. The lowest BCUT2D eigenvalue weighted by Crippen LogP contribution is -2.45. The zero-order valence-corrected chi connectivity index (χ0v) is 12.4. The Bertz CT molecular complexity index is 459. The molecule has 2 rings (SSSR count). The van der Waals surface area contributed by atoms with Gasteiger partial charge in [0.2, 0.25) is 0 Å². The first kappa shape index (κ1) is 15.1. The van der Waals surface area contributed by atoms with Gasteiger partial charge in [0.25, 0.3) is 0 Å². The highest BCUT2D eigenvalue weighted by atomic mass is 35.5. The second kappa shape index (κ2) is 6.95. The third-order valence-electron chi connectivity index (χ3n) is 3.87. The molecule has 0 spiro atoms. The standard InChI is InChI=1S/C15H21ClN2O2/c1-11(13-4-2-3-5-14(13)16)17-15(20)18-8-6-12(10-19)7-9-18/h2-5,11-12,19H,6-10H2,1H3,(H,17,20). The summed E-state index contributed by atoms with van der Waals surface area (Å²) in [5.74, 6) is 0.333. The molecule has 0 bridgehead atoms. The number of piperidine rings is 1. The van der Waals surface area contributed by atoms with E-state index < -0.39 is 0 Å². The van der Waals surface area contributed by atoms with E-state index in [0.29, 0.717) is 24.0 Å². The molecular formula is C15H21ClN2O2. The molecule has 2 amide bonds. The number of aliphatic hydroxyl groups is 1. The molecule has 0 radical (unpaired) electrons. The molecule has 110 valence electrons. The van der Waals surface area contributed by atoms with Crippen molar-refractivity contribution in [3.8, 4) is 0 Å². The van der Waals surface area contributed by atoms with E-state index in [4.69, 9.17) is 16.7 Å². The molecule has 20 heavy (non-hydrogen) atoms. The maximum atomic E-state index is 12.2. The zero-order chi connectivity index (χ0) is 14.5. The SMILES string of the molecule is CC(NC(=O)N1CCC(CO)CC1)c1ccccc1Cl. The van der Waals surface area contributed by atoms with Crippen molar-refractivity contribution in [3.05, 3.63) is 34.9 Å². The smallest absolute Gasteiger partial charge is 0.317 e. The second-order valence-electron chi connectivity index (χ2n) is 5.31. The number of amides is 2.